The molecule has 13 heavy (non-hydrogen) atoms. The topological polar surface area (TPSA) is 26.0 Å². The van der Waals surface area contributed by atoms with Gasteiger partial charge < -0.3 is 5.73 Å². The van der Waals surface area contributed by atoms with E-state index in [1.165, 1.54) is 29.5 Å². The molecule has 0 saturated heterocycles. The highest BCUT2D eigenvalue weighted by molar-refractivity contribution is 5.32. The number of nitrogens with two attached hydrogens (primary N) is 1. The number of hydrogen-bond donors (Lipinski definition) is 1. The SMILES string of the molecule is Cc1ccc(C)c(CC2(N)CC2)c1. The second-order valence-corrected chi connectivity index (χ2v) is 4.47. The summed E-state index contributed by atoms with van der Waals surface area (Å²) in [6.07, 6.45) is 3.45. The van der Waals surface area contributed by atoms with Crippen LogP contribution in [0.25, 0.3) is 0 Å². The predicted octanol–water partition coefficient (Wildman–Crippen LogP) is 2.34. The molecule has 1 heteroatoms. The minimum atomic E-state index is 0.137. The Hall–Kier alpha value is -0.820. The summed E-state index contributed by atoms with van der Waals surface area (Å²) >= 11 is 0. The number of rotatable bonds is 2. The van der Waals surface area contributed by atoms with Gasteiger partial charge in [0.15, 0.2) is 0 Å². The van der Waals surface area contributed by atoms with Crippen molar-refractivity contribution in [1.82, 2.24) is 0 Å². The second-order valence-electron chi connectivity index (χ2n) is 4.47. The van der Waals surface area contributed by atoms with Gasteiger partial charge in [-0.05, 0) is 44.2 Å². The van der Waals surface area contributed by atoms with Gasteiger partial charge in [0.2, 0.25) is 0 Å². The lowest BCUT2D eigenvalue weighted by Crippen LogP contribution is -2.24. The van der Waals surface area contributed by atoms with E-state index in [0.717, 1.165) is 6.42 Å². The average Bonchev–Trinajstić information content (AvgIpc) is 2.76. The summed E-state index contributed by atoms with van der Waals surface area (Å²) in [6, 6.07) is 6.62. The molecule has 0 aromatic heterocycles. The Morgan fingerprint density at radius 2 is 2.00 bits per heavy atom. The fraction of sp³-hybridized carbons (Fsp3) is 0.500. The van der Waals surface area contributed by atoms with Crippen molar-refractivity contribution in [3.8, 4) is 0 Å². The standard InChI is InChI=1S/C12H17N/c1-9-3-4-10(2)11(7-9)8-12(13)5-6-12/h3-4,7H,5-6,8,13H2,1-2H3. The fourth-order valence-electron chi connectivity index (χ4n) is 1.71. The van der Waals surface area contributed by atoms with Crippen LogP contribution in [0.3, 0.4) is 0 Å². The lowest BCUT2D eigenvalue weighted by molar-refractivity contribution is 0.669. The third-order valence-electron chi connectivity index (χ3n) is 2.94. The molecule has 1 saturated carbocycles. The van der Waals surface area contributed by atoms with Crippen LogP contribution in [0.5, 0.6) is 0 Å². The molecule has 2 rings (SSSR count). The van der Waals surface area contributed by atoms with Gasteiger partial charge in [-0.15, -0.1) is 0 Å². The molecule has 0 heterocycles. The summed E-state index contributed by atoms with van der Waals surface area (Å²) < 4.78 is 0. The summed E-state index contributed by atoms with van der Waals surface area (Å²) in [4.78, 5) is 0. The first-order valence-corrected chi connectivity index (χ1v) is 4.94. The lowest BCUT2D eigenvalue weighted by Gasteiger charge is -2.11. The number of hydrogen-bond acceptors (Lipinski definition) is 1. The van der Waals surface area contributed by atoms with Crippen LogP contribution in [-0.2, 0) is 6.42 Å². The van der Waals surface area contributed by atoms with E-state index in [1.54, 1.807) is 0 Å². The highest BCUT2D eigenvalue weighted by Gasteiger charge is 2.38. The van der Waals surface area contributed by atoms with Gasteiger partial charge in [-0.3, -0.25) is 0 Å². The van der Waals surface area contributed by atoms with Crippen LogP contribution in [-0.4, -0.2) is 5.54 Å². The van der Waals surface area contributed by atoms with E-state index in [2.05, 4.69) is 32.0 Å². The zero-order chi connectivity index (χ0) is 9.47. The quantitative estimate of drug-likeness (QED) is 0.733. The van der Waals surface area contributed by atoms with Gasteiger partial charge >= 0.3 is 0 Å². The van der Waals surface area contributed by atoms with E-state index in [9.17, 15) is 0 Å². The third-order valence-corrected chi connectivity index (χ3v) is 2.94. The largest absolute Gasteiger partial charge is 0.325 e. The van der Waals surface area contributed by atoms with Crippen LogP contribution in [0, 0.1) is 13.8 Å². The number of aryl methyl sites for hydroxylation is 2. The van der Waals surface area contributed by atoms with Crippen molar-refractivity contribution in [3.05, 3.63) is 34.9 Å². The van der Waals surface area contributed by atoms with Crippen molar-refractivity contribution in [1.29, 1.82) is 0 Å². The van der Waals surface area contributed by atoms with Gasteiger partial charge in [-0.1, -0.05) is 23.8 Å². The van der Waals surface area contributed by atoms with Crippen LogP contribution < -0.4 is 5.73 Å². The molecule has 1 aromatic carbocycles. The maximum Gasteiger partial charge on any atom is 0.0196 e. The van der Waals surface area contributed by atoms with Gasteiger partial charge in [0.05, 0.1) is 0 Å². The molecule has 70 valence electrons. The van der Waals surface area contributed by atoms with Crippen molar-refractivity contribution in [2.24, 2.45) is 5.73 Å². The van der Waals surface area contributed by atoms with E-state index in [1.807, 2.05) is 0 Å². The van der Waals surface area contributed by atoms with Crippen LogP contribution in [0.2, 0.25) is 0 Å². The van der Waals surface area contributed by atoms with Crippen LogP contribution in [0.4, 0.5) is 0 Å². The molecule has 0 radical (unpaired) electrons. The van der Waals surface area contributed by atoms with Gasteiger partial charge in [0, 0.05) is 5.54 Å². The molecule has 1 aliphatic carbocycles. The Labute approximate surface area is 80.0 Å². The van der Waals surface area contributed by atoms with Crippen molar-refractivity contribution in [3.63, 3.8) is 0 Å². The second kappa shape index (κ2) is 2.85. The molecule has 1 nitrogen and oxygen atoms in total. The first kappa shape index (κ1) is 8.76. The zero-order valence-corrected chi connectivity index (χ0v) is 8.43. The molecule has 0 atom stereocenters. The molecule has 1 aliphatic rings. The molecule has 2 N–H and O–H groups in total. The maximum atomic E-state index is 6.10. The summed E-state index contributed by atoms with van der Waals surface area (Å²) in [5.41, 5.74) is 10.4. The Morgan fingerprint density at radius 3 is 2.62 bits per heavy atom. The van der Waals surface area contributed by atoms with Crippen LogP contribution in [0.15, 0.2) is 18.2 Å². The van der Waals surface area contributed by atoms with Gasteiger partial charge in [0.1, 0.15) is 0 Å². The average molecular weight is 175 g/mol. The molecule has 0 bridgehead atoms. The minimum absolute atomic E-state index is 0.137. The Balaban J connectivity index is 2.23. The lowest BCUT2D eigenvalue weighted by atomic mass is 9.98. The molecule has 0 amide bonds. The van der Waals surface area contributed by atoms with Crippen LogP contribution in [0.1, 0.15) is 29.5 Å². The summed E-state index contributed by atoms with van der Waals surface area (Å²) in [7, 11) is 0. The van der Waals surface area contributed by atoms with Gasteiger partial charge in [0.25, 0.3) is 0 Å². The van der Waals surface area contributed by atoms with Crippen molar-refractivity contribution >= 4 is 0 Å². The highest BCUT2D eigenvalue weighted by atomic mass is 14.8. The molecule has 0 aliphatic heterocycles. The first-order chi connectivity index (χ1) is 6.09. The van der Waals surface area contributed by atoms with Crippen molar-refractivity contribution in [2.45, 2.75) is 38.6 Å². The van der Waals surface area contributed by atoms with E-state index >= 15 is 0 Å². The molecule has 1 fully saturated rings. The first-order valence-electron chi connectivity index (χ1n) is 4.94. The molecule has 1 aromatic rings. The maximum absolute atomic E-state index is 6.10. The van der Waals surface area contributed by atoms with Crippen molar-refractivity contribution < 1.29 is 0 Å². The smallest absolute Gasteiger partial charge is 0.0196 e. The Morgan fingerprint density at radius 1 is 1.31 bits per heavy atom. The number of benzene rings is 1. The van der Waals surface area contributed by atoms with Crippen LogP contribution >= 0.6 is 0 Å². The normalized spacial score (nSPS) is 18.7. The van der Waals surface area contributed by atoms with E-state index in [0.29, 0.717) is 0 Å². The minimum Gasteiger partial charge on any atom is -0.325 e. The predicted molar refractivity (Wildman–Crippen MR) is 55.8 cm³/mol. The van der Waals surface area contributed by atoms with Gasteiger partial charge in [-0.25, -0.2) is 0 Å². The summed E-state index contributed by atoms with van der Waals surface area (Å²) in [5, 5.41) is 0. The molecule has 0 spiro atoms. The highest BCUT2D eigenvalue weighted by Crippen LogP contribution is 2.36. The van der Waals surface area contributed by atoms with Crippen molar-refractivity contribution in [2.75, 3.05) is 0 Å². The molecular formula is C12H17N. The van der Waals surface area contributed by atoms with E-state index < -0.39 is 0 Å². The Kier molecular flexibility index (Phi) is 1.92. The Bertz CT molecular complexity index is 324. The third kappa shape index (κ3) is 1.92. The monoisotopic (exact) mass is 175 g/mol. The summed E-state index contributed by atoms with van der Waals surface area (Å²) in [6.45, 7) is 4.31. The molecule has 0 unspecified atom stereocenters. The fourth-order valence-corrected chi connectivity index (χ4v) is 1.71. The van der Waals surface area contributed by atoms with E-state index in [4.69, 9.17) is 5.73 Å². The summed E-state index contributed by atoms with van der Waals surface area (Å²) in [5.74, 6) is 0. The van der Waals surface area contributed by atoms with E-state index in [-0.39, 0.29) is 5.54 Å². The van der Waals surface area contributed by atoms with Gasteiger partial charge in [-0.2, -0.15) is 0 Å². The molecular weight excluding hydrogens is 158 g/mol. The zero-order valence-electron chi connectivity index (χ0n) is 8.43.